The molecule has 2 bridgehead atoms. The van der Waals surface area contributed by atoms with Crippen LogP contribution in [0.5, 0.6) is 0 Å². The third kappa shape index (κ3) is 1.62. The predicted molar refractivity (Wildman–Crippen MR) is 79.5 cm³/mol. The molecule has 0 aliphatic heterocycles. The van der Waals surface area contributed by atoms with Gasteiger partial charge in [0, 0.05) is 10.8 Å². The molecule has 118 valence electrons. The number of ether oxygens (including phenoxy) is 2. The third-order valence-corrected chi connectivity index (χ3v) is 6.21. The van der Waals surface area contributed by atoms with Crippen molar-refractivity contribution in [3.05, 3.63) is 12.2 Å². The van der Waals surface area contributed by atoms with Crippen LogP contribution in [-0.2, 0) is 19.1 Å². The van der Waals surface area contributed by atoms with E-state index in [-0.39, 0.29) is 11.9 Å². The Morgan fingerprint density at radius 2 is 1.19 bits per heavy atom. The van der Waals surface area contributed by atoms with Gasteiger partial charge in [-0.1, -0.05) is 26.0 Å². The maximum atomic E-state index is 12.8. The van der Waals surface area contributed by atoms with Gasteiger partial charge in [-0.05, 0) is 34.1 Å². The number of hydrogen-bond donors (Lipinski definition) is 0. The number of carbonyl (C=O) groups is 2. The highest BCUT2D eigenvalue weighted by molar-refractivity contribution is 5.92. The second-order valence-electron chi connectivity index (χ2n) is 7.04. The first-order valence-corrected chi connectivity index (χ1v) is 7.68. The Morgan fingerprint density at radius 1 is 0.857 bits per heavy atom. The van der Waals surface area contributed by atoms with E-state index < -0.39 is 21.7 Å². The average Bonchev–Trinajstić information content (AvgIpc) is 2.80. The molecule has 0 spiro atoms. The van der Waals surface area contributed by atoms with Crippen LogP contribution in [0.2, 0.25) is 0 Å². The van der Waals surface area contributed by atoms with Crippen molar-refractivity contribution in [2.24, 2.45) is 21.7 Å². The molecule has 0 radical (unpaired) electrons. The summed E-state index contributed by atoms with van der Waals surface area (Å²) >= 11 is 0. The molecule has 4 heteroatoms. The summed E-state index contributed by atoms with van der Waals surface area (Å²) in [5.41, 5.74) is -2.64. The molecular formula is C17H26O4. The molecule has 21 heavy (non-hydrogen) atoms. The molecule has 0 heterocycles. The Kier molecular flexibility index (Phi) is 3.51. The first-order valence-electron chi connectivity index (χ1n) is 7.68. The van der Waals surface area contributed by atoms with Gasteiger partial charge in [-0.2, -0.15) is 0 Å². The number of allylic oxidation sites excluding steroid dienone is 2. The van der Waals surface area contributed by atoms with Gasteiger partial charge in [0.2, 0.25) is 0 Å². The summed E-state index contributed by atoms with van der Waals surface area (Å²) in [5.74, 6) is -0.618. The van der Waals surface area contributed by atoms with Gasteiger partial charge in [0.05, 0.1) is 24.0 Å². The summed E-state index contributed by atoms with van der Waals surface area (Å²) in [6.45, 7) is 12.0. The normalized spacial score (nSPS) is 43.9. The molecule has 0 N–H and O–H groups in total. The average molecular weight is 294 g/mol. The van der Waals surface area contributed by atoms with Crippen LogP contribution in [-0.4, -0.2) is 25.2 Å². The van der Waals surface area contributed by atoms with E-state index in [1.165, 1.54) is 0 Å². The van der Waals surface area contributed by atoms with Crippen LogP contribution in [0.15, 0.2) is 12.2 Å². The number of rotatable bonds is 4. The van der Waals surface area contributed by atoms with E-state index in [1.54, 1.807) is 13.8 Å². The van der Waals surface area contributed by atoms with Crippen LogP contribution in [0.25, 0.3) is 0 Å². The van der Waals surface area contributed by atoms with Crippen molar-refractivity contribution in [3.8, 4) is 0 Å². The van der Waals surface area contributed by atoms with Gasteiger partial charge >= 0.3 is 11.9 Å². The fourth-order valence-corrected chi connectivity index (χ4v) is 4.50. The van der Waals surface area contributed by atoms with E-state index in [0.717, 1.165) is 6.42 Å². The summed E-state index contributed by atoms with van der Waals surface area (Å²) in [7, 11) is 0. The second-order valence-corrected chi connectivity index (χ2v) is 7.04. The number of fused-ring (bicyclic) bond motifs is 2. The maximum absolute atomic E-state index is 12.8. The van der Waals surface area contributed by atoms with Gasteiger partial charge in [0.25, 0.3) is 0 Å². The molecule has 0 aromatic heterocycles. The third-order valence-electron chi connectivity index (χ3n) is 6.21. The SMILES string of the molecule is CCOC(=O)C1(C)C2(C)C=CC(C)(C2)C1(C)C(=O)OCC. The number of esters is 2. The van der Waals surface area contributed by atoms with E-state index in [0.29, 0.717) is 13.2 Å². The van der Waals surface area contributed by atoms with Crippen LogP contribution < -0.4 is 0 Å². The minimum absolute atomic E-state index is 0.309. The van der Waals surface area contributed by atoms with Gasteiger partial charge in [0.1, 0.15) is 0 Å². The monoisotopic (exact) mass is 294 g/mol. The molecule has 0 saturated heterocycles. The lowest BCUT2D eigenvalue weighted by molar-refractivity contribution is -0.187. The molecular weight excluding hydrogens is 268 g/mol. The lowest BCUT2D eigenvalue weighted by atomic mass is 9.52. The van der Waals surface area contributed by atoms with Crippen molar-refractivity contribution in [2.45, 2.75) is 48.0 Å². The molecule has 2 aliphatic rings. The van der Waals surface area contributed by atoms with Crippen molar-refractivity contribution in [3.63, 3.8) is 0 Å². The van der Waals surface area contributed by atoms with Crippen molar-refractivity contribution in [1.29, 1.82) is 0 Å². The topological polar surface area (TPSA) is 52.6 Å². The molecule has 2 rings (SSSR count). The Bertz CT molecular complexity index is 467. The fourth-order valence-electron chi connectivity index (χ4n) is 4.50. The van der Waals surface area contributed by atoms with Crippen LogP contribution in [0, 0.1) is 21.7 Å². The van der Waals surface area contributed by atoms with Crippen molar-refractivity contribution in [1.82, 2.24) is 0 Å². The smallest absolute Gasteiger partial charge is 0.313 e. The van der Waals surface area contributed by atoms with E-state index in [4.69, 9.17) is 9.47 Å². The molecule has 0 amide bonds. The lowest BCUT2D eigenvalue weighted by Crippen LogP contribution is -2.58. The second kappa shape index (κ2) is 4.59. The van der Waals surface area contributed by atoms with Gasteiger partial charge in [0.15, 0.2) is 0 Å². The van der Waals surface area contributed by atoms with E-state index in [2.05, 4.69) is 12.2 Å². The molecule has 4 nitrogen and oxygen atoms in total. The molecule has 2 aliphatic carbocycles. The van der Waals surface area contributed by atoms with Gasteiger partial charge in [-0.3, -0.25) is 9.59 Å². The van der Waals surface area contributed by atoms with Gasteiger partial charge in [-0.15, -0.1) is 0 Å². The molecule has 0 aromatic rings. The van der Waals surface area contributed by atoms with E-state index in [1.807, 2.05) is 27.7 Å². The summed E-state index contributed by atoms with van der Waals surface area (Å²) < 4.78 is 10.7. The summed E-state index contributed by atoms with van der Waals surface area (Å²) in [6.07, 6.45) is 4.90. The number of carbonyl (C=O) groups excluding carboxylic acids is 2. The summed E-state index contributed by atoms with van der Waals surface area (Å²) in [6, 6.07) is 0. The zero-order valence-corrected chi connectivity index (χ0v) is 13.9. The zero-order chi connectivity index (χ0) is 16.1. The first-order chi connectivity index (χ1) is 9.63. The quantitative estimate of drug-likeness (QED) is 0.590. The maximum Gasteiger partial charge on any atom is 0.313 e. The van der Waals surface area contributed by atoms with Crippen LogP contribution in [0.3, 0.4) is 0 Å². The molecule has 0 aromatic carbocycles. The Balaban J connectivity index is 2.62. The van der Waals surface area contributed by atoms with Crippen molar-refractivity contribution in [2.75, 3.05) is 13.2 Å². The fraction of sp³-hybridized carbons (Fsp3) is 0.765. The number of hydrogen-bond acceptors (Lipinski definition) is 4. The highest BCUT2D eigenvalue weighted by atomic mass is 16.5. The Hall–Kier alpha value is -1.32. The minimum atomic E-state index is -0.925. The van der Waals surface area contributed by atoms with Gasteiger partial charge < -0.3 is 9.47 Å². The molecule has 1 saturated carbocycles. The van der Waals surface area contributed by atoms with E-state index in [9.17, 15) is 9.59 Å². The highest BCUT2D eigenvalue weighted by Gasteiger charge is 2.78. The predicted octanol–water partition coefficient (Wildman–Crippen LogP) is 3.11. The molecule has 4 atom stereocenters. The zero-order valence-electron chi connectivity index (χ0n) is 13.9. The Morgan fingerprint density at radius 3 is 1.48 bits per heavy atom. The molecule has 1 fully saturated rings. The van der Waals surface area contributed by atoms with Crippen molar-refractivity contribution >= 4 is 11.9 Å². The van der Waals surface area contributed by atoms with Crippen LogP contribution in [0.4, 0.5) is 0 Å². The van der Waals surface area contributed by atoms with Gasteiger partial charge in [-0.25, -0.2) is 0 Å². The van der Waals surface area contributed by atoms with Crippen LogP contribution >= 0.6 is 0 Å². The standard InChI is InChI=1S/C17H26O4/c1-7-20-12(18)16(5)14(3)9-10-15(4,11-14)17(16,6)13(19)21-8-2/h9-10H,7-8,11H2,1-6H3. The van der Waals surface area contributed by atoms with Crippen LogP contribution in [0.1, 0.15) is 48.0 Å². The van der Waals surface area contributed by atoms with Crippen molar-refractivity contribution < 1.29 is 19.1 Å². The highest BCUT2D eigenvalue weighted by Crippen LogP contribution is 2.75. The lowest BCUT2D eigenvalue weighted by Gasteiger charge is -2.49. The minimum Gasteiger partial charge on any atom is -0.466 e. The van der Waals surface area contributed by atoms with E-state index >= 15 is 0 Å². The Labute approximate surface area is 126 Å². The first kappa shape index (κ1) is 16.1. The largest absolute Gasteiger partial charge is 0.466 e. The summed E-state index contributed by atoms with van der Waals surface area (Å²) in [5, 5.41) is 0. The molecule has 4 unspecified atom stereocenters. The summed E-state index contributed by atoms with van der Waals surface area (Å²) in [4.78, 5) is 25.5.